The fraction of sp³-hybridized carbons (Fsp3) is 0.200. The fourth-order valence-corrected chi connectivity index (χ4v) is 1.13. The van der Waals surface area contributed by atoms with Crippen LogP contribution in [-0.4, -0.2) is 5.16 Å². The van der Waals surface area contributed by atoms with Crippen LogP contribution in [0.15, 0.2) is 38.0 Å². The van der Waals surface area contributed by atoms with Crippen molar-refractivity contribution in [2.24, 2.45) is 0 Å². The first-order chi connectivity index (χ1) is 7.24. The molecule has 0 bridgehead atoms. The highest BCUT2D eigenvalue weighted by Gasteiger charge is 2.04. The van der Waals surface area contributed by atoms with Crippen molar-refractivity contribution in [1.82, 2.24) is 5.16 Å². The van der Waals surface area contributed by atoms with E-state index in [1.165, 1.54) is 0 Å². The standard InChI is InChI=1S/C10H9NO4/c1-7-3-2-4-8(5-7)13-6-9-11-15-10(12)14-9/h2-5H,6H2,1H3. The highest BCUT2D eigenvalue weighted by molar-refractivity contribution is 5.27. The molecule has 0 saturated carbocycles. The van der Waals surface area contributed by atoms with Gasteiger partial charge in [-0.2, -0.15) is 0 Å². The first-order valence-electron chi connectivity index (χ1n) is 4.39. The van der Waals surface area contributed by atoms with Crippen LogP contribution in [0.4, 0.5) is 0 Å². The van der Waals surface area contributed by atoms with E-state index in [9.17, 15) is 4.79 Å². The van der Waals surface area contributed by atoms with Gasteiger partial charge in [0.1, 0.15) is 5.75 Å². The SMILES string of the molecule is Cc1cccc(OCc2noc(=O)o2)c1. The predicted molar refractivity (Wildman–Crippen MR) is 50.6 cm³/mol. The molecular formula is C10H9NO4. The monoisotopic (exact) mass is 207 g/mol. The molecule has 2 aromatic rings. The van der Waals surface area contributed by atoms with Gasteiger partial charge >= 0.3 is 5.82 Å². The molecule has 15 heavy (non-hydrogen) atoms. The quantitative estimate of drug-likeness (QED) is 0.763. The Labute approximate surface area is 85.3 Å². The molecule has 1 aromatic carbocycles. The molecule has 5 heteroatoms. The van der Waals surface area contributed by atoms with Gasteiger partial charge in [-0.1, -0.05) is 12.1 Å². The Balaban J connectivity index is 2.02. The zero-order valence-electron chi connectivity index (χ0n) is 8.10. The van der Waals surface area contributed by atoms with E-state index in [0.717, 1.165) is 5.56 Å². The van der Waals surface area contributed by atoms with Gasteiger partial charge in [0.15, 0.2) is 6.61 Å². The lowest BCUT2D eigenvalue weighted by Gasteiger charge is -2.02. The second kappa shape index (κ2) is 4.00. The number of hydrogen-bond donors (Lipinski definition) is 0. The third kappa shape index (κ3) is 2.46. The molecule has 0 amide bonds. The van der Waals surface area contributed by atoms with Gasteiger partial charge in [0.05, 0.1) is 0 Å². The number of aromatic nitrogens is 1. The van der Waals surface area contributed by atoms with Gasteiger partial charge in [-0.05, 0) is 29.8 Å². The molecule has 0 spiro atoms. The highest BCUT2D eigenvalue weighted by Crippen LogP contribution is 2.13. The van der Waals surface area contributed by atoms with Crippen LogP contribution < -0.4 is 10.6 Å². The van der Waals surface area contributed by atoms with Crippen molar-refractivity contribution in [3.05, 3.63) is 46.3 Å². The summed E-state index contributed by atoms with van der Waals surface area (Å²) in [5.41, 5.74) is 1.09. The minimum absolute atomic E-state index is 0.0786. The topological polar surface area (TPSA) is 65.5 Å². The molecule has 0 aliphatic heterocycles. The van der Waals surface area contributed by atoms with Gasteiger partial charge in [-0.3, -0.25) is 4.52 Å². The van der Waals surface area contributed by atoms with Crippen molar-refractivity contribution in [3.63, 3.8) is 0 Å². The van der Waals surface area contributed by atoms with E-state index in [0.29, 0.717) is 5.75 Å². The lowest BCUT2D eigenvalue weighted by molar-refractivity contribution is 0.259. The average molecular weight is 207 g/mol. The number of aryl methyl sites for hydroxylation is 1. The normalized spacial score (nSPS) is 10.2. The Morgan fingerprint density at radius 1 is 1.47 bits per heavy atom. The number of nitrogens with zero attached hydrogens (tertiary/aromatic N) is 1. The van der Waals surface area contributed by atoms with Gasteiger partial charge in [-0.15, -0.1) is 0 Å². The Morgan fingerprint density at radius 3 is 3.00 bits per heavy atom. The highest BCUT2D eigenvalue weighted by atomic mass is 16.6. The predicted octanol–water partition coefficient (Wildman–Crippen LogP) is 1.52. The van der Waals surface area contributed by atoms with Crippen LogP contribution in [0.25, 0.3) is 0 Å². The minimum atomic E-state index is -0.821. The molecule has 0 saturated heterocycles. The average Bonchev–Trinajstić information content (AvgIpc) is 2.62. The van der Waals surface area contributed by atoms with E-state index in [-0.39, 0.29) is 12.5 Å². The summed E-state index contributed by atoms with van der Waals surface area (Å²) < 4.78 is 14.1. The van der Waals surface area contributed by atoms with Gasteiger partial charge in [0.25, 0.3) is 5.89 Å². The molecule has 78 valence electrons. The second-order valence-electron chi connectivity index (χ2n) is 3.03. The van der Waals surface area contributed by atoms with Crippen LogP contribution in [0.5, 0.6) is 5.75 Å². The summed E-state index contributed by atoms with van der Waals surface area (Å²) in [6.45, 7) is 2.04. The van der Waals surface area contributed by atoms with E-state index < -0.39 is 5.82 Å². The van der Waals surface area contributed by atoms with E-state index in [2.05, 4.69) is 14.1 Å². The van der Waals surface area contributed by atoms with E-state index in [1.54, 1.807) is 0 Å². The Bertz CT molecular complexity index is 500. The molecule has 2 rings (SSSR count). The molecule has 0 unspecified atom stereocenters. The van der Waals surface area contributed by atoms with Crippen molar-refractivity contribution in [3.8, 4) is 5.75 Å². The molecule has 0 fully saturated rings. The Kier molecular flexibility index (Phi) is 2.53. The zero-order chi connectivity index (χ0) is 10.7. The van der Waals surface area contributed by atoms with Crippen molar-refractivity contribution < 1.29 is 13.7 Å². The van der Waals surface area contributed by atoms with Gasteiger partial charge < -0.3 is 9.15 Å². The van der Waals surface area contributed by atoms with Crippen LogP contribution >= 0.6 is 0 Å². The lowest BCUT2D eigenvalue weighted by atomic mass is 10.2. The molecule has 5 nitrogen and oxygen atoms in total. The van der Waals surface area contributed by atoms with Crippen LogP contribution in [0.3, 0.4) is 0 Å². The zero-order valence-corrected chi connectivity index (χ0v) is 8.10. The van der Waals surface area contributed by atoms with Crippen molar-refractivity contribution in [1.29, 1.82) is 0 Å². The molecule has 0 atom stereocenters. The largest absolute Gasteiger partial charge is 0.542 e. The molecule has 0 N–H and O–H groups in total. The number of ether oxygens (including phenoxy) is 1. The summed E-state index contributed by atoms with van der Waals surface area (Å²) in [5, 5.41) is 3.37. The molecule has 1 heterocycles. The van der Waals surface area contributed by atoms with Crippen molar-refractivity contribution in [2.75, 3.05) is 0 Å². The van der Waals surface area contributed by atoms with Crippen LogP contribution in [0.1, 0.15) is 11.5 Å². The summed E-state index contributed by atoms with van der Waals surface area (Å²) in [7, 11) is 0. The minimum Gasteiger partial charge on any atom is -0.484 e. The van der Waals surface area contributed by atoms with Gasteiger partial charge in [0, 0.05) is 0 Å². The second-order valence-corrected chi connectivity index (χ2v) is 3.03. The molecule has 0 aliphatic rings. The number of benzene rings is 1. The van der Waals surface area contributed by atoms with Gasteiger partial charge in [-0.25, -0.2) is 4.79 Å². The maximum Gasteiger partial charge on any atom is 0.542 e. The summed E-state index contributed by atoms with van der Waals surface area (Å²) >= 11 is 0. The smallest absolute Gasteiger partial charge is 0.484 e. The lowest BCUT2D eigenvalue weighted by Crippen LogP contribution is -1.96. The van der Waals surface area contributed by atoms with E-state index in [1.807, 2.05) is 31.2 Å². The van der Waals surface area contributed by atoms with E-state index >= 15 is 0 Å². The third-order valence-corrected chi connectivity index (χ3v) is 1.77. The fourth-order valence-electron chi connectivity index (χ4n) is 1.13. The van der Waals surface area contributed by atoms with E-state index in [4.69, 9.17) is 4.74 Å². The van der Waals surface area contributed by atoms with Gasteiger partial charge in [0.2, 0.25) is 0 Å². The number of rotatable bonds is 3. The first kappa shape index (κ1) is 9.51. The molecule has 0 aliphatic carbocycles. The number of hydrogen-bond acceptors (Lipinski definition) is 5. The Hall–Kier alpha value is -2.04. The van der Waals surface area contributed by atoms with Crippen molar-refractivity contribution >= 4 is 0 Å². The van der Waals surface area contributed by atoms with Crippen molar-refractivity contribution in [2.45, 2.75) is 13.5 Å². The summed E-state index contributed by atoms with van der Waals surface area (Å²) in [6, 6.07) is 7.52. The summed E-state index contributed by atoms with van der Waals surface area (Å²) in [4.78, 5) is 10.5. The maximum atomic E-state index is 10.5. The maximum absolute atomic E-state index is 10.5. The van der Waals surface area contributed by atoms with Crippen LogP contribution in [0, 0.1) is 6.92 Å². The molecule has 0 radical (unpaired) electrons. The molecule has 1 aromatic heterocycles. The molecular weight excluding hydrogens is 198 g/mol. The summed E-state index contributed by atoms with van der Waals surface area (Å²) in [5.74, 6) is -0.00000247. The third-order valence-electron chi connectivity index (χ3n) is 1.77. The van der Waals surface area contributed by atoms with Crippen LogP contribution in [-0.2, 0) is 6.61 Å². The van der Waals surface area contributed by atoms with Crippen LogP contribution in [0.2, 0.25) is 0 Å². The first-order valence-corrected chi connectivity index (χ1v) is 4.39. The summed E-state index contributed by atoms with van der Waals surface area (Å²) in [6.07, 6.45) is 0. The Morgan fingerprint density at radius 2 is 2.33 bits per heavy atom.